The lowest BCUT2D eigenvalue weighted by atomic mass is 10.1. The highest BCUT2D eigenvalue weighted by molar-refractivity contribution is 9.11. The predicted octanol–water partition coefficient (Wildman–Crippen LogP) is 6.00. The van der Waals surface area contributed by atoms with Gasteiger partial charge in [0.05, 0.1) is 51.6 Å². The zero-order chi connectivity index (χ0) is 26.1. The summed E-state index contributed by atoms with van der Waals surface area (Å²) in [6.07, 6.45) is 6.95. The van der Waals surface area contributed by atoms with Crippen LogP contribution in [0.2, 0.25) is 0 Å². The number of allylic oxidation sites excluding steroid dienone is 3. The minimum absolute atomic E-state index is 0.246. The summed E-state index contributed by atoms with van der Waals surface area (Å²) in [6.45, 7) is 0. The number of ether oxygens (including phenoxy) is 6. The molecule has 0 heterocycles. The van der Waals surface area contributed by atoms with Crippen molar-refractivity contribution in [2.75, 3.05) is 42.7 Å². The van der Waals surface area contributed by atoms with Gasteiger partial charge in [-0.1, -0.05) is 0 Å². The molecule has 8 nitrogen and oxygen atoms in total. The largest absolute Gasteiger partial charge is 0.508 e. The van der Waals surface area contributed by atoms with E-state index in [4.69, 9.17) is 28.4 Å². The molecule has 0 aliphatic carbocycles. The van der Waals surface area contributed by atoms with Crippen molar-refractivity contribution in [3.05, 3.63) is 56.2 Å². The highest BCUT2D eigenvalue weighted by atomic mass is 79.9. The first-order valence-corrected chi connectivity index (χ1v) is 11.6. The first kappa shape index (κ1) is 28.1. The molecule has 10 heteroatoms. The van der Waals surface area contributed by atoms with E-state index in [9.17, 15) is 9.90 Å². The molecule has 0 saturated heterocycles. The minimum atomic E-state index is -0.434. The third-order valence-electron chi connectivity index (χ3n) is 4.75. The molecule has 188 valence electrons. The second-order valence-corrected chi connectivity index (χ2v) is 8.32. The Morgan fingerprint density at radius 2 is 1.09 bits per heavy atom. The number of aliphatic hydroxyl groups is 1. The molecule has 0 aromatic heterocycles. The van der Waals surface area contributed by atoms with Crippen molar-refractivity contribution in [1.82, 2.24) is 0 Å². The molecule has 2 rings (SSSR count). The van der Waals surface area contributed by atoms with Crippen LogP contribution in [-0.2, 0) is 4.79 Å². The molecule has 0 radical (unpaired) electrons. The maximum atomic E-state index is 12.4. The van der Waals surface area contributed by atoms with Gasteiger partial charge in [-0.15, -0.1) is 0 Å². The third kappa shape index (κ3) is 6.52. The molecule has 0 aliphatic heterocycles. The van der Waals surface area contributed by atoms with Gasteiger partial charge in [0.1, 0.15) is 5.76 Å². The first-order chi connectivity index (χ1) is 16.8. The van der Waals surface area contributed by atoms with Crippen LogP contribution in [-0.4, -0.2) is 53.5 Å². The van der Waals surface area contributed by atoms with Gasteiger partial charge in [-0.2, -0.15) is 0 Å². The fourth-order valence-corrected chi connectivity index (χ4v) is 4.29. The Morgan fingerprint density at radius 1 is 0.686 bits per heavy atom. The van der Waals surface area contributed by atoms with Gasteiger partial charge < -0.3 is 33.5 Å². The van der Waals surface area contributed by atoms with Crippen molar-refractivity contribution in [3.63, 3.8) is 0 Å². The summed E-state index contributed by atoms with van der Waals surface area (Å²) in [5.74, 6) is 1.92. The molecular formula is C25H26Br2O8. The van der Waals surface area contributed by atoms with Gasteiger partial charge in [0.15, 0.2) is 28.8 Å². The summed E-state index contributed by atoms with van der Waals surface area (Å²) in [5.41, 5.74) is 1.27. The smallest absolute Gasteiger partial charge is 0.204 e. The molecule has 1 N–H and O–H groups in total. The predicted molar refractivity (Wildman–Crippen MR) is 141 cm³/mol. The van der Waals surface area contributed by atoms with E-state index in [1.807, 2.05) is 0 Å². The quantitative estimate of drug-likeness (QED) is 0.187. The van der Waals surface area contributed by atoms with Crippen LogP contribution < -0.4 is 28.4 Å². The molecule has 0 bridgehead atoms. The van der Waals surface area contributed by atoms with Crippen molar-refractivity contribution in [2.24, 2.45) is 0 Å². The van der Waals surface area contributed by atoms with E-state index in [0.29, 0.717) is 54.6 Å². The van der Waals surface area contributed by atoms with E-state index >= 15 is 0 Å². The average molecular weight is 614 g/mol. The van der Waals surface area contributed by atoms with Crippen LogP contribution >= 0.6 is 31.9 Å². The second-order valence-electron chi connectivity index (χ2n) is 6.74. The van der Waals surface area contributed by atoms with Gasteiger partial charge in [0.25, 0.3) is 0 Å². The van der Waals surface area contributed by atoms with E-state index < -0.39 is 5.78 Å². The van der Waals surface area contributed by atoms with E-state index in [1.54, 1.807) is 24.3 Å². The number of carbonyl (C=O) groups excluding carboxylic acids is 1. The SMILES string of the molecule is COc1cc(/C=C/C(=O)/C=C(O)/C=C/c2cc(OC)c(OC)c(OC)c2Br)c(Br)c(OC)c1OC. The molecular weight excluding hydrogens is 588 g/mol. The lowest BCUT2D eigenvalue weighted by Crippen LogP contribution is -1.97. The molecule has 0 spiro atoms. The normalized spacial score (nSPS) is 11.6. The number of halogens is 2. The fourth-order valence-electron chi connectivity index (χ4n) is 3.11. The highest BCUT2D eigenvalue weighted by Gasteiger charge is 2.19. The van der Waals surface area contributed by atoms with Crippen molar-refractivity contribution in [1.29, 1.82) is 0 Å². The lowest BCUT2D eigenvalue weighted by Gasteiger charge is -2.15. The summed E-state index contributed by atoms with van der Waals surface area (Å²) < 4.78 is 33.3. The van der Waals surface area contributed by atoms with Crippen molar-refractivity contribution >= 4 is 49.8 Å². The number of ketones is 1. The van der Waals surface area contributed by atoms with E-state index in [0.717, 1.165) is 6.08 Å². The number of benzene rings is 2. The van der Waals surface area contributed by atoms with Crippen LogP contribution in [0.1, 0.15) is 11.1 Å². The van der Waals surface area contributed by atoms with Gasteiger partial charge >= 0.3 is 0 Å². The topological polar surface area (TPSA) is 92.7 Å². The molecule has 0 amide bonds. The molecule has 0 aliphatic rings. The van der Waals surface area contributed by atoms with Crippen LogP contribution in [0.5, 0.6) is 34.5 Å². The Bertz CT molecular complexity index is 1170. The monoisotopic (exact) mass is 612 g/mol. The number of hydrogen-bond donors (Lipinski definition) is 1. The van der Waals surface area contributed by atoms with Gasteiger partial charge in [-0.05, 0) is 79.4 Å². The van der Waals surface area contributed by atoms with Gasteiger partial charge in [0, 0.05) is 6.08 Å². The Labute approximate surface area is 221 Å². The van der Waals surface area contributed by atoms with Gasteiger partial charge in [-0.3, -0.25) is 4.79 Å². The number of methoxy groups -OCH3 is 6. The molecule has 0 fully saturated rings. The van der Waals surface area contributed by atoms with Crippen LogP contribution in [0, 0.1) is 0 Å². The summed E-state index contributed by atoms with van der Waals surface area (Å²) in [6, 6.07) is 3.40. The van der Waals surface area contributed by atoms with Crippen LogP contribution in [0.4, 0.5) is 0 Å². The number of rotatable bonds is 11. The molecule has 2 aromatic rings. The zero-order valence-corrected chi connectivity index (χ0v) is 23.3. The van der Waals surface area contributed by atoms with Crippen LogP contribution in [0.15, 0.2) is 45.1 Å². The maximum absolute atomic E-state index is 12.4. The van der Waals surface area contributed by atoms with Gasteiger partial charge in [-0.25, -0.2) is 0 Å². The van der Waals surface area contributed by atoms with Crippen molar-refractivity contribution in [3.8, 4) is 34.5 Å². The van der Waals surface area contributed by atoms with E-state index in [-0.39, 0.29) is 5.76 Å². The standard InChI is InChI=1S/C25H26Br2O8/c1-30-18-11-14(20(26)24(34-5)22(18)32-3)7-9-16(28)13-17(29)10-8-15-12-19(31-2)23(33-4)25(35-6)21(15)27/h7-13,28H,1-6H3/b9-7+,10-8+,16-13-. The molecule has 0 atom stereocenters. The number of carbonyl (C=O) groups is 1. The Balaban J connectivity index is 2.30. The lowest BCUT2D eigenvalue weighted by molar-refractivity contribution is -0.110. The Morgan fingerprint density at radius 3 is 1.46 bits per heavy atom. The number of aliphatic hydroxyl groups excluding tert-OH is 1. The second kappa shape index (κ2) is 13.1. The first-order valence-electron chi connectivity index (χ1n) is 10.0. The molecule has 0 unspecified atom stereocenters. The highest BCUT2D eigenvalue weighted by Crippen LogP contribution is 2.46. The summed E-state index contributed by atoms with van der Waals surface area (Å²) >= 11 is 6.92. The van der Waals surface area contributed by atoms with Crippen LogP contribution in [0.25, 0.3) is 12.2 Å². The summed E-state index contributed by atoms with van der Waals surface area (Å²) in [7, 11) is 9.03. The van der Waals surface area contributed by atoms with E-state index in [2.05, 4.69) is 31.9 Å². The molecule has 35 heavy (non-hydrogen) atoms. The van der Waals surface area contributed by atoms with E-state index in [1.165, 1.54) is 54.8 Å². The molecule has 0 saturated carbocycles. The maximum Gasteiger partial charge on any atom is 0.204 e. The van der Waals surface area contributed by atoms with Crippen LogP contribution in [0.3, 0.4) is 0 Å². The van der Waals surface area contributed by atoms with Crippen molar-refractivity contribution in [2.45, 2.75) is 0 Å². The Kier molecular flexibility index (Phi) is 10.5. The zero-order valence-electron chi connectivity index (χ0n) is 20.1. The molecule has 2 aromatic carbocycles. The number of hydrogen-bond acceptors (Lipinski definition) is 8. The Hall–Kier alpha value is -3.11. The fraction of sp³-hybridized carbons (Fsp3) is 0.240. The third-order valence-corrected chi connectivity index (χ3v) is 6.38. The summed E-state index contributed by atoms with van der Waals surface area (Å²) in [5, 5.41) is 10.3. The average Bonchev–Trinajstić information content (AvgIpc) is 2.86. The van der Waals surface area contributed by atoms with Crippen molar-refractivity contribution < 1.29 is 38.3 Å². The van der Waals surface area contributed by atoms with Gasteiger partial charge in [0.2, 0.25) is 11.5 Å². The minimum Gasteiger partial charge on any atom is -0.508 e. The summed E-state index contributed by atoms with van der Waals surface area (Å²) in [4.78, 5) is 12.4.